The molecule has 0 bridgehead atoms. The molecule has 0 atom stereocenters. The summed E-state index contributed by atoms with van der Waals surface area (Å²) in [5, 5.41) is 11.0. The Morgan fingerprint density at radius 3 is 2.58 bits per heavy atom. The Morgan fingerprint density at radius 2 is 2.00 bits per heavy atom. The molecule has 1 aliphatic rings. The van der Waals surface area contributed by atoms with Crippen LogP contribution in [0.15, 0.2) is 23.1 Å². The van der Waals surface area contributed by atoms with E-state index in [0.717, 1.165) is 19.2 Å². The lowest BCUT2D eigenvalue weighted by molar-refractivity contribution is -0.385. The molecule has 0 N–H and O–H groups in total. The second-order valence-corrected chi connectivity index (χ2v) is 7.45. The van der Waals surface area contributed by atoms with Crippen LogP contribution in [0.4, 0.5) is 5.69 Å². The van der Waals surface area contributed by atoms with Gasteiger partial charge in [-0.05, 0) is 0 Å². The number of hydrogen-bond acceptors (Lipinski definition) is 7. The van der Waals surface area contributed by atoms with Gasteiger partial charge in [-0.2, -0.15) is 4.31 Å². The monoisotopic (exact) mass is 359 g/mol. The first-order valence-electron chi connectivity index (χ1n) is 7.44. The minimum atomic E-state index is -3.84. The van der Waals surface area contributed by atoms with Gasteiger partial charge in [0.05, 0.1) is 36.2 Å². The third-order valence-corrected chi connectivity index (χ3v) is 5.69. The fourth-order valence-corrected chi connectivity index (χ4v) is 3.55. The summed E-state index contributed by atoms with van der Waals surface area (Å²) in [6, 6.07) is 3.52. The van der Waals surface area contributed by atoms with Gasteiger partial charge >= 0.3 is 0 Å². The third kappa shape index (κ3) is 4.41. The molecule has 1 aromatic carbocycles. The van der Waals surface area contributed by atoms with E-state index in [9.17, 15) is 18.5 Å². The molecular weight excluding hydrogens is 338 g/mol. The van der Waals surface area contributed by atoms with Crippen LogP contribution in [-0.2, 0) is 14.8 Å². The SMILES string of the molecule is COc1cc([N+](=O)[O-])cc(S(=O)(=O)N(C)CCN2CCOCC2)c1. The number of methoxy groups -OCH3 is 1. The summed E-state index contributed by atoms with van der Waals surface area (Å²) in [5.74, 6) is 0.129. The lowest BCUT2D eigenvalue weighted by Gasteiger charge is -2.28. The first-order chi connectivity index (χ1) is 11.3. The highest BCUT2D eigenvalue weighted by molar-refractivity contribution is 7.89. The molecule has 1 aliphatic heterocycles. The maximum Gasteiger partial charge on any atom is 0.274 e. The summed E-state index contributed by atoms with van der Waals surface area (Å²) in [7, 11) is -1.05. The van der Waals surface area contributed by atoms with Crippen molar-refractivity contribution < 1.29 is 22.8 Å². The second-order valence-electron chi connectivity index (χ2n) is 5.40. The Bertz CT molecular complexity index is 688. The minimum Gasteiger partial charge on any atom is -0.496 e. The van der Waals surface area contributed by atoms with Crippen molar-refractivity contribution in [1.29, 1.82) is 0 Å². The van der Waals surface area contributed by atoms with Gasteiger partial charge in [-0.25, -0.2) is 8.42 Å². The molecule has 10 heteroatoms. The van der Waals surface area contributed by atoms with Crippen LogP contribution in [0.5, 0.6) is 5.75 Å². The molecule has 0 aromatic heterocycles. The van der Waals surface area contributed by atoms with Gasteiger partial charge in [0.15, 0.2) is 0 Å². The van der Waals surface area contributed by atoms with Gasteiger partial charge in [0, 0.05) is 45.4 Å². The Kier molecular flexibility index (Phi) is 6.10. The molecule has 24 heavy (non-hydrogen) atoms. The number of benzene rings is 1. The van der Waals surface area contributed by atoms with Crippen LogP contribution in [0.1, 0.15) is 0 Å². The zero-order valence-electron chi connectivity index (χ0n) is 13.7. The van der Waals surface area contributed by atoms with Crippen molar-refractivity contribution in [3.8, 4) is 5.75 Å². The van der Waals surface area contributed by atoms with E-state index in [1.54, 1.807) is 0 Å². The first-order valence-corrected chi connectivity index (χ1v) is 8.88. The highest BCUT2D eigenvalue weighted by Gasteiger charge is 2.25. The number of ether oxygens (including phenoxy) is 2. The Morgan fingerprint density at radius 1 is 1.33 bits per heavy atom. The van der Waals surface area contributed by atoms with Gasteiger partial charge in [0.2, 0.25) is 10.0 Å². The number of nitro benzene ring substituents is 1. The number of sulfonamides is 1. The summed E-state index contributed by atoms with van der Waals surface area (Å²) in [4.78, 5) is 12.3. The van der Waals surface area contributed by atoms with Gasteiger partial charge in [0.1, 0.15) is 5.75 Å². The summed E-state index contributed by atoms with van der Waals surface area (Å²) in [6.07, 6.45) is 0. The van der Waals surface area contributed by atoms with Crippen molar-refractivity contribution in [2.24, 2.45) is 0 Å². The van der Waals surface area contributed by atoms with E-state index >= 15 is 0 Å². The number of rotatable bonds is 7. The average Bonchev–Trinajstić information content (AvgIpc) is 2.59. The molecular formula is C14H21N3O6S. The molecule has 0 spiro atoms. The number of nitrogens with zero attached hydrogens (tertiary/aromatic N) is 3. The lowest BCUT2D eigenvalue weighted by Crippen LogP contribution is -2.41. The summed E-state index contributed by atoms with van der Waals surface area (Å²) < 4.78 is 36.7. The van der Waals surface area contributed by atoms with Crippen molar-refractivity contribution in [3.63, 3.8) is 0 Å². The lowest BCUT2D eigenvalue weighted by atomic mass is 10.3. The van der Waals surface area contributed by atoms with E-state index in [1.807, 2.05) is 0 Å². The van der Waals surface area contributed by atoms with E-state index in [-0.39, 0.29) is 22.9 Å². The van der Waals surface area contributed by atoms with Crippen LogP contribution < -0.4 is 4.74 Å². The highest BCUT2D eigenvalue weighted by atomic mass is 32.2. The zero-order valence-corrected chi connectivity index (χ0v) is 14.5. The van der Waals surface area contributed by atoms with E-state index in [0.29, 0.717) is 19.8 Å². The maximum absolute atomic E-state index is 12.7. The normalized spacial score (nSPS) is 16.3. The predicted molar refractivity (Wildman–Crippen MR) is 86.7 cm³/mol. The molecule has 0 aliphatic carbocycles. The standard InChI is InChI=1S/C14H21N3O6S/c1-15(3-4-16-5-7-23-8-6-16)24(20,21)14-10-12(17(18)19)9-13(11-14)22-2/h9-11H,3-8H2,1-2H3. The molecule has 0 amide bonds. The molecule has 0 saturated carbocycles. The maximum atomic E-state index is 12.7. The van der Waals surface area contributed by atoms with E-state index in [4.69, 9.17) is 9.47 Å². The number of likely N-dealkylation sites (N-methyl/N-ethyl adjacent to an activating group) is 1. The summed E-state index contributed by atoms with van der Waals surface area (Å²) in [5.41, 5.74) is -0.325. The van der Waals surface area contributed by atoms with Gasteiger partial charge in [0.25, 0.3) is 5.69 Å². The molecule has 1 fully saturated rings. The average molecular weight is 359 g/mol. The number of non-ortho nitro benzene ring substituents is 1. The Labute approximate surface area is 141 Å². The van der Waals surface area contributed by atoms with Gasteiger partial charge in [-0.15, -0.1) is 0 Å². The zero-order chi connectivity index (χ0) is 17.7. The highest BCUT2D eigenvalue weighted by Crippen LogP contribution is 2.27. The van der Waals surface area contributed by atoms with E-state index < -0.39 is 14.9 Å². The van der Waals surface area contributed by atoms with Crippen LogP contribution in [0.25, 0.3) is 0 Å². The van der Waals surface area contributed by atoms with Crippen molar-refractivity contribution in [2.75, 3.05) is 53.6 Å². The van der Waals surface area contributed by atoms with Gasteiger partial charge in [-0.3, -0.25) is 15.0 Å². The molecule has 1 aromatic rings. The molecule has 1 saturated heterocycles. The fourth-order valence-electron chi connectivity index (χ4n) is 2.34. The molecule has 0 unspecified atom stereocenters. The van der Waals surface area contributed by atoms with Crippen LogP contribution >= 0.6 is 0 Å². The first kappa shape index (κ1) is 18.6. The molecule has 134 valence electrons. The summed E-state index contributed by atoms with van der Waals surface area (Å²) in [6.45, 7) is 3.66. The van der Waals surface area contributed by atoms with Crippen LogP contribution in [-0.4, -0.2) is 76.1 Å². The van der Waals surface area contributed by atoms with Crippen molar-refractivity contribution >= 4 is 15.7 Å². The largest absolute Gasteiger partial charge is 0.496 e. The quantitative estimate of drug-likeness (QED) is 0.517. The molecule has 0 radical (unpaired) electrons. The third-order valence-electron chi connectivity index (χ3n) is 3.85. The smallest absolute Gasteiger partial charge is 0.274 e. The van der Waals surface area contributed by atoms with Crippen molar-refractivity contribution in [2.45, 2.75) is 4.90 Å². The van der Waals surface area contributed by atoms with Gasteiger partial charge < -0.3 is 9.47 Å². The number of nitro groups is 1. The van der Waals surface area contributed by atoms with Crippen molar-refractivity contribution in [3.05, 3.63) is 28.3 Å². The van der Waals surface area contributed by atoms with Crippen LogP contribution in [0.3, 0.4) is 0 Å². The summed E-state index contributed by atoms with van der Waals surface area (Å²) >= 11 is 0. The second kappa shape index (κ2) is 7.88. The van der Waals surface area contributed by atoms with E-state index in [2.05, 4.69) is 4.90 Å². The van der Waals surface area contributed by atoms with Gasteiger partial charge in [-0.1, -0.05) is 0 Å². The van der Waals surface area contributed by atoms with Crippen LogP contribution in [0, 0.1) is 10.1 Å². The number of morpholine rings is 1. The predicted octanol–water partition coefficient (Wildman–Crippen LogP) is 0.556. The molecule has 1 heterocycles. The molecule has 2 rings (SSSR count). The minimum absolute atomic E-state index is 0.129. The van der Waals surface area contributed by atoms with Crippen molar-refractivity contribution in [1.82, 2.24) is 9.21 Å². The topological polar surface area (TPSA) is 102 Å². The fraction of sp³-hybridized carbons (Fsp3) is 0.571. The van der Waals surface area contributed by atoms with Crippen LogP contribution in [0.2, 0.25) is 0 Å². The Hall–Kier alpha value is -1.75. The van der Waals surface area contributed by atoms with E-state index in [1.165, 1.54) is 30.6 Å². The Balaban J connectivity index is 2.15. The number of hydrogen-bond donors (Lipinski definition) is 0. The molecule has 9 nitrogen and oxygen atoms in total.